The maximum absolute atomic E-state index is 12.9. The fraction of sp³-hybridized carbons (Fsp3) is 0.0625. The summed E-state index contributed by atoms with van der Waals surface area (Å²) in [7, 11) is 0. The predicted octanol–water partition coefficient (Wildman–Crippen LogP) is 5.08. The second-order valence-corrected chi connectivity index (χ2v) is 6.33. The third kappa shape index (κ3) is 3.19. The number of benzene rings is 1. The summed E-state index contributed by atoms with van der Waals surface area (Å²) in [4.78, 5) is 8.30. The van der Waals surface area contributed by atoms with Gasteiger partial charge in [-0.2, -0.15) is 18.2 Å². The highest BCUT2D eigenvalue weighted by atomic mass is 35.5. The zero-order chi connectivity index (χ0) is 19.3. The number of alkyl halides is 3. The molecule has 0 spiro atoms. The molecule has 0 radical (unpaired) electrons. The van der Waals surface area contributed by atoms with Crippen molar-refractivity contribution in [3.05, 3.63) is 52.3 Å². The monoisotopic (exact) mass is 414 g/mol. The number of aromatic nitrogens is 4. The number of hydrogen-bond acceptors (Lipinski definition) is 5. The molecule has 0 atom stereocenters. The van der Waals surface area contributed by atoms with Crippen molar-refractivity contribution in [1.82, 2.24) is 19.5 Å². The Bertz CT molecular complexity index is 1170. The van der Waals surface area contributed by atoms with E-state index >= 15 is 0 Å². The van der Waals surface area contributed by atoms with E-state index < -0.39 is 11.7 Å². The van der Waals surface area contributed by atoms with Crippen LogP contribution in [0.2, 0.25) is 10.0 Å². The van der Waals surface area contributed by atoms with Crippen molar-refractivity contribution in [2.24, 2.45) is 0 Å². The molecule has 6 nitrogen and oxygen atoms in total. The largest absolute Gasteiger partial charge is 0.508 e. The molecule has 0 aliphatic rings. The lowest BCUT2D eigenvalue weighted by Gasteiger charge is -2.07. The van der Waals surface area contributed by atoms with Gasteiger partial charge in [0.25, 0.3) is 5.89 Å². The molecule has 3 heterocycles. The van der Waals surface area contributed by atoms with Crippen molar-refractivity contribution in [3.63, 3.8) is 0 Å². The summed E-state index contributed by atoms with van der Waals surface area (Å²) in [5.41, 5.74) is -0.247. The Morgan fingerprint density at radius 1 is 1.04 bits per heavy atom. The molecule has 0 unspecified atom stereocenters. The number of nitrogens with zero attached hydrogens (tertiary/aromatic N) is 4. The van der Waals surface area contributed by atoms with Gasteiger partial charge in [-0.25, -0.2) is 4.98 Å². The van der Waals surface area contributed by atoms with Crippen molar-refractivity contribution < 1.29 is 22.8 Å². The van der Waals surface area contributed by atoms with Crippen molar-refractivity contribution >= 4 is 28.8 Å². The number of phenolic OH excluding ortho intramolecular Hbond substituents is 1. The molecule has 138 valence electrons. The molecular formula is C16H7Cl2F3N4O2. The summed E-state index contributed by atoms with van der Waals surface area (Å²) in [6, 6.07) is 5.02. The van der Waals surface area contributed by atoms with Gasteiger partial charge in [0.2, 0.25) is 5.82 Å². The van der Waals surface area contributed by atoms with Crippen LogP contribution in [0.25, 0.3) is 28.6 Å². The Labute approximate surface area is 158 Å². The molecule has 4 rings (SSSR count). The molecule has 0 amide bonds. The van der Waals surface area contributed by atoms with Crippen LogP contribution in [0, 0.1) is 0 Å². The second kappa shape index (κ2) is 6.14. The minimum atomic E-state index is -4.55. The van der Waals surface area contributed by atoms with E-state index in [0.29, 0.717) is 5.56 Å². The van der Waals surface area contributed by atoms with Gasteiger partial charge in [-0.3, -0.25) is 0 Å². The van der Waals surface area contributed by atoms with E-state index in [-0.39, 0.29) is 38.9 Å². The first-order valence-corrected chi connectivity index (χ1v) is 8.06. The first-order chi connectivity index (χ1) is 12.7. The minimum absolute atomic E-state index is 0.0251. The molecule has 0 bridgehead atoms. The van der Waals surface area contributed by atoms with Crippen LogP contribution in [-0.4, -0.2) is 24.6 Å². The second-order valence-electron chi connectivity index (χ2n) is 5.52. The van der Waals surface area contributed by atoms with Gasteiger partial charge < -0.3 is 14.0 Å². The zero-order valence-electron chi connectivity index (χ0n) is 13.0. The highest BCUT2D eigenvalue weighted by Gasteiger charge is 2.32. The van der Waals surface area contributed by atoms with Gasteiger partial charge in [-0.05, 0) is 24.3 Å². The van der Waals surface area contributed by atoms with Crippen molar-refractivity contribution in [3.8, 4) is 28.7 Å². The van der Waals surface area contributed by atoms with Crippen LogP contribution in [0.3, 0.4) is 0 Å². The van der Waals surface area contributed by atoms with Gasteiger partial charge in [0.05, 0.1) is 15.6 Å². The van der Waals surface area contributed by atoms with Crippen LogP contribution in [0.4, 0.5) is 13.2 Å². The first kappa shape index (κ1) is 17.6. The number of phenols is 1. The fourth-order valence-corrected chi connectivity index (χ4v) is 2.95. The van der Waals surface area contributed by atoms with E-state index in [4.69, 9.17) is 27.7 Å². The Morgan fingerprint density at radius 3 is 2.52 bits per heavy atom. The van der Waals surface area contributed by atoms with Gasteiger partial charge in [-0.15, -0.1) is 0 Å². The van der Waals surface area contributed by atoms with Gasteiger partial charge in [0.1, 0.15) is 11.4 Å². The number of halogens is 5. The summed E-state index contributed by atoms with van der Waals surface area (Å²) in [6.07, 6.45) is -2.38. The third-order valence-electron chi connectivity index (χ3n) is 3.67. The van der Waals surface area contributed by atoms with Crippen LogP contribution in [0.15, 0.2) is 41.2 Å². The number of rotatable bonds is 2. The molecule has 11 heteroatoms. The molecule has 27 heavy (non-hydrogen) atoms. The molecule has 1 aromatic carbocycles. The highest BCUT2D eigenvalue weighted by molar-refractivity contribution is 6.33. The Morgan fingerprint density at radius 2 is 1.81 bits per heavy atom. The van der Waals surface area contributed by atoms with Crippen LogP contribution < -0.4 is 0 Å². The van der Waals surface area contributed by atoms with E-state index in [1.807, 2.05) is 0 Å². The average Bonchev–Trinajstić information content (AvgIpc) is 3.20. The molecule has 0 aliphatic heterocycles. The maximum atomic E-state index is 12.9. The average molecular weight is 415 g/mol. The Kier molecular flexibility index (Phi) is 4.01. The Balaban J connectivity index is 1.77. The molecule has 1 N–H and O–H groups in total. The lowest BCUT2D eigenvalue weighted by atomic mass is 10.2. The maximum Gasteiger partial charge on any atom is 0.417 e. The molecule has 0 saturated heterocycles. The van der Waals surface area contributed by atoms with Crippen LogP contribution in [0.5, 0.6) is 5.75 Å². The minimum Gasteiger partial charge on any atom is -0.508 e. The van der Waals surface area contributed by atoms with Crippen molar-refractivity contribution in [1.29, 1.82) is 0 Å². The molecule has 0 fully saturated rings. The fourth-order valence-electron chi connectivity index (χ4n) is 2.44. The number of aromatic hydroxyl groups is 1. The van der Waals surface area contributed by atoms with Crippen molar-refractivity contribution in [2.75, 3.05) is 0 Å². The van der Waals surface area contributed by atoms with Gasteiger partial charge in [-0.1, -0.05) is 28.4 Å². The topological polar surface area (TPSA) is 76.5 Å². The van der Waals surface area contributed by atoms with Crippen molar-refractivity contribution in [2.45, 2.75) is 6.18 Å². The SMILES string of the molecule is Oc1ccc(-c2noc(-c3cn4cc(C(F)(F)F)cc(Cl)c4n3)n2)c(Cl)c1. The van der Waals surface area contributed by atoms with Crippen LogP contribution >= 0.6 is 23.2 Å². The summed E-state index contributed by atoms with van der Waals surface area (Å²) >= 11 is 12.0. The standard InChI is InChI=1S/C16H7Cl2F3N4O2/c17-10-4-8(26)1-2-9(10)13-23-15(27-24-13)12-6-25-5-7(16(19,20)21)3-11(18)14(25)22-12/h1-6,26H. The summed E-state index contributed by atoms with van der Waals surface area (Å²) in [5, 5.41) is 13.2. The molecule has 0 saturated carbocycles. The molecular weight excluding hydrogens is 408 g/mol. The lowest BCUT2D eigenvalue weighted by molar-refractivity contribution is -0.137. The van der Waals surface area contributed by atoms with E-state index in [1.54, 1.807) is 0 Å². The third-order valence-corrected chi connectivity index (χ3v) is 4.26. The highest BCUT2D eigenvalue weighted by Crippen LogP contribution is 2.34. The zero-order valence-corrected chi connectivity index (χ0v) is 14.5. The van der Waals surface area contributed by atoms with Gasteiger partial charge in [0, 0.05) is 18.0 Å². The lowest BCUT2D eigenvalue weighted by Crippen LogP contribution is -2.06. The molecule has 0 aliphatic carbocycles. The van der Waals surface area contributed by atoms with E-state index in [9.17, 15) is 18.3 Å². The summed E-state index contributed by atoms with van der Waals surface area (Å²) in [5.74, 6) is 0.0829. The van der Waals surface area contributed by atoms with E-state index in [0.717, 1.165) is 16.7 Å². The van der Waals surface area contributed by atoms with Crippen LogP contribution in [0.1, 0.15) is 5.56 Å². The predicted molar refractivity (Wildman–Crippen MR) is 90.6 cm³/mol. The quantitative estimate of drug-likeness (QED) is 0.494. The van der Waals surface area contributed by atoms with Gasteiger partial charge in [0.15, 0.2) is 5.65 Å². The molecule has 3 aromatic heterocycles. The number of pyridine rings is 1. The number of fused-ring (bicyclic) bond motifs is 1. The van der Waals surface area contributed by atoms with Gasteiger partial charge >= 0.3 is 6.18 Å². The smallest absolute Gasteiger partial charge is 0.417 e. The van der Waals surface area contributed by atoms with E-state index in [2.05, 4.69) is 15.1 Å². The first-order valence-electron chi connectivity index (χ1n) is 7.31. The van der Waals surface area contributed by atoms with Crippen LogP contribution in [-0.2, 0) is 6.18 Å². The number of imidazole rings is 1. The summed E-state index contributed by atoms with van der Waals surface area (Å²) < 4.78 is 45.0. The summed E-state index contributed by atoms with van der Waals surface area (Å²) in [6.45, 7) is 0. The normalized spacial score (nSPS) is 12.0. The molecule has 4 aromatic rings. The Hall–Kier alpha value is -2.78. The number of hydrogen-bond donors (Lipinski definition) is 1. The van der Waals surface area contributed by atoms with E-state index in [1.165, 1.54) is 24.4 Å².